The van der Waals surface area contributed by atoms with E-state index in [0.29, 0.717) is 6.04 Å². The summed E-state index contributed by atoms with van der Waals surface area (Å²) in [7, 11) is 0. The van der Waals surface area contributed by atoms with Crippen molar-refractivity contribution < 1.29 is 0 Å². The molecule has 0 spiro atoms. The minimum absolute atomic E-state index is 0.519. The molecular weight excluding hydrogens is 174 g/mol. The first-order valence-electron chi connectivity index (χ1n) is 5.27. The molecule has 3 nitrogen and oxygen atoms in total. The number of hydrogen-bond donors (Lipinski definition) is 0. The number of nitrogens with zero attached hydrogens (tertiary/aromatic N) is 3. The summed E-state index contributed by atoms with van der Waals surface area (Å²) >= 11 is 0. The molecule has 0 atom stereocenters. The van der Waals surface area contributed by atoms with E-state index < -0.39 is 0 Å². The molecule has 0 saturated heterocycles. The molecule has 0 fully saturated rings. The lowest BCUT2D eigenvalue weighted by Crippen LogP contribution is -2.36. The van der Waals surface area contributed by atoms with Crippen molar-refractivity contribution in [1.29, 1.82) is 0 Å². The van der Waals surface area contributed by atoms with Crippen LogP contribution in [0, 0.1) is 6.92 Å². The second-order valence-corrected chi connectivity index (χ2v) is 4.17. The van der Waals surface area contributed by atoms with Crippen LogP contribution in [0.5, 0.6) is 0 Å². The number of rotatable bonds is 1. The van der Waals surface area contributed by atoms with Crippen molar-refractivity contribution in [3.63, 3.8) is 0 Å². The highest BCUT2D eigenvalue weighted by atomic mass is 15.2. The number of fused-ring (bicyclic) bond motifs is 1. The van der Waals surface area contributed by atoms with Crippen LogP contribution in [0.25, 0.3) is 0 Å². The Balaban J connectivity index is 2.41. The molecule has 2 heterocycles. The van der Waals surface area contributed by atoms with Crippen LogP contribution in [0.1, 0.15) is 31.7 Å². The summed E-state index contributed by atoms with van der Waals surface area (Å²) in [6.45, 7) is 7.53. The number of hydrogen-bond acceptors (Lipinski definition) is 3. The summed E-state index contributed by atoms with van der Waals surface area (Å²) in [4.78, 5) is 11.4. The largest absolute Gasteiger partial charge is 0.353 e. The van der Waals surface area contributed by atoms with Gasteiger partial charge in [-0.1, -0.05) is 0 Å². The third-order valence-electron chi connectivity index (χ3n) is 2.66. The minimum Gasteiger partial charge on any atom is -0.353 e. The molecule has 76 valence electrons. The smallest absolute Gasteiger partial charge is 0.150 e. The van der Waals surface area contributed by atoms with Gasteiger partial charge >= 0.3 is 0 Å². The van der Waals surface area contributed by atoms with Crippen molar-refractivity contribution in [2.45, 2.75) is 39.7 Å². The Hall–Kier alpha value is -1.12. The molecule has 2 rings (SSSR count). The summed E-state index contributed by atoms with van der Waals surface area (Å²) in [6, 6.07) is 0.519. The van der Waals surface area contributed by atoms with Crippen molar-refractivity contribution in [2.75, 3.05) is 11.4 Å². The van der Waals surface area contributed by atoms with E-state index in [2.05, 4.69) is 28.7 Å². The first kappa shape index (κ1) is 9.44. The van der Waals surface area contributed by atoms with E-state index in [-0.39, 0.29) is 0 Å². The molecule has 0 N–H and O–H groups in total. The van der Waals surface area contributed by atoms with Gasteiger partial charge in [-0.3, -0.25) is 4.98 Å². The lowest BCUT2D eigenvalue weighted by Gasteiger charge is -2.32. The Morgan fingerprint density at radius 2 is 2.21 bits per heavy atom. The van der Waals surface area contributed by atoms with E-state index in [1.807, 2.05) is 13.1 Å². The van der Waals surface area contributed by atoms with Gasteiger partial charge in [0.25, 0.3) is 0 Å². The summed E-state index contributed by atoms with van der Waals surface area (Å²) in [5, 5.41) is 0. The van der Waals surface area contributed by atoms with Crippen LogP contribution in [-0.4, -0.2) is 22.6 Å². The first-order valence-corrected chi connectivity index (χ1v) is 5.27. The van der Waals surface area contributed by atoms with Crippen LogP contribution < -0.4 is 4.90 Å². The molecule has 0 saturated carbocycles. The fraction of sp³-hybridized carbons (Fsp3) is 0.636. The highest BCUT2D eigenvalue weighted by molar-refractivity contribution is 5.46. The average molecular weight is 191 g/mol. The van der Waals surface area contributed by atoms with Crippen molar-refractivity contribution in [2.24, 2.45) is 0 Å². The maximum atomic E-state index is 4.58. The Morgan fingerprint density at radius 1 is 1.43 bits per heavy atom. The lowest BCUT2D eigenvalue weighted by atomic mass is 10.1. The Morgan fingerprint density at radius 3 is 2.93 bits per heavy atom. The first-order chi connectivity index (χ1) is 6.68. The molecule has 1 aromatic heterocycles. The number of anilines is 1. The van der Waals surface area contributed by atoms with Crippen LogP contribution in [0.2, 0.25) is 0 Å². The monoisotopic (exact) mass is 191 g/mol. The number of aryl methyl sites for hydroxylation is 2. The fourth-order valence-corrected chi connectivity index (χ4v) is 1.92. The molecule has 1 aliphatic heterocycles. The van der Waals surface area contributed by atoms with Gasteiger partial charge in [-0.15, -0.1) is 0 Å². The molecule has 1 aliphatic rings. The van der Waals surface area contributed by atoms with Crippen LogP contribution in [-0.2, 0) is 6.42 Å². The average Bonchev–Trinajstić information content (AvgIpc) is 2.16. The van der Waals surface area contributed by atoms with E-state index in [1.54, 1.807) is 0 Å². The van der Waals surface area contributed by atoms with Gasteiger partial charge in [-0.05, 0) is 33.6 Å². The van der Waals surface area contributed by atoms with Gasteiger partial charge in [-0.25, -0.2) is 4.98 Å². The van der Waals surface area contributed by atoms with Crippen LogP contribution in [0.4, 0.5) is 5.82 Å². The maximum absolute atomic E-state index is 4.58. The molecule has 0 radical (unpaired) electrons. The Labute approximate surface area is 85.2 Å². The minimum atomic E-state index is 0.519. The topological polar surface area (TPSA) is 29.0 Å². The third-order valence-corrected chi connectivity index (χ3v) is 2.66. The normalized spacial score (nSPS) is 15.9. The highest BCUT2D eigenvalue weighted by Gasteiger charge is 2.21. The molecule has 14 heavy (non-hydrogen) atoms. The van der Waals surface area contributed by atoms with Crippen LogP contribution in [0.3, 0.4) is 0 Å². The summed E-state index contributed by atoms with van der Waals surface area (Å²) < 4.78 is 0. The zero-order chi connectivity index (χ0) is 10.1. The SMILES string of the molecule is Cc1cnc2c(n1)N(C(C)C)CCC2. The predicted molar refractivity (Wildman–Crippen MR) is 57.6 cm³/mol. The maximum Gasteiger partial charge on any atom is 0.150 e. The molecule has 0 bridgehead atoms. The quantitative estimate of drug-likeness (QED) is 0.679. The third kappa shape index (κ3) is 1.59. The molecule has 0 unspecified atom stereocenters. The fourth-order valence-electron chi connectivity index (χ4n) is 1.92. The summed E-state index contributed by atoms with van der Waals surface area (Å²) in [6.07, 6.45) is 4.14. The van der Waals surface area contributed by atoms with E-state index in [1.165, 1.54) is 6.42 Å². The van der Waals surface area contributed by atoms with Crippen LogP contribution in [0.15, 0.2) is 6.20 Å². The van der Waals surface area contributed by atoms with E-state index >= 15 is 0 Å². The second-order valence-electron chi connectivity index (χ2n) is 4.17. The van der Waals surface area contributed by atoms with E-state index in [4.69, 9.17) is 0 Å². The molecular formula is C11H17N3. The van der Waals surface area contributed by atoms with Crippen molar-refractivity contribution in [1.82, 2.24) is 9.97 Å². The predicted octanol–water partition coefficient (Wildman–Crippen LogP) is 1.95. The van der Waals surface area contributed by atoms with E-state index in [0.717, 1.165) is 30.2 Å². The van der Waals surface area contributed by atoms with Gasteiger partial charge in [0.05, 0.1) is 11.4 Å². The summed E-state index contributed by atoms with van der Waals surface area (Å²) in [5.41, 5.74) is 2.17. The zero-order valence-electron chi connectivity index (χ0n) is 9.12. The number of aromatic nitrogens is 2. The van der Waals surface area contributed by atoms with Gasteiger partial charge in [0, 0.05) is 18.8 Å². The zero-order valence-corrected chi connectivity index (χ0v) is 9.12. The molecule has 1 aromatic rings. The van der Waals surface area contributed by atoms with Crippen molar-refractivity contribution in [3.8, 4) is 0 Å². The van der Waals surface area contributed by atoms with Gasteiger partial charge in [0.1, 0.15) is 0 Å². The molecule has 0 aliphatic carbocycles. The Kier molecular flexibility index (Phi) is 2.40. The molecule has 0 amide bonds. The standard InChI is InChI=1S/C11H17N3/c1-8(2)14-6-4-5-10-11(14)13-9(3)7-12-10/h7-8H,4-6H2,1-3H3. The van der Waals surface area contributed by atoms with Crippen molar-refractivity contribution in [3.05, 3.63) is 17.6 Å². The van der Waals surface area contributed by atoms with Gasteiger partial charge in [0.15, 0.2) is 5.82 Å². The summed E-state index contributed by atoms with van der Waals surface area (Å²) in [5.74, 6) is 1.10. The highest BCUT2D eigenvalue weighted by Crippen LogP contribution is 2.24. The molecule has 0 aromatic carbocycles. The van der Waals surface area contributed by atoms with Crippen LogP contribution >= 0.6 is 0 Å². The van der Waals surface area contributed by atoms with Gasteiger partial charge in [0.2, 0.25) is 0 Å². The lowest BCUT2D eigenvalue weighted by molar-refractivity contribution is 0.604. The van der Waals surface area contributed by atoms with Gasteiger partial charge in [-0.2, -0.15) is 0 Å². The second kappa shape index (κ2) is 3.56. The van der Waals surface area contributed by atoms with Gasteiger partial charge < -0.3 is 4.90 Å². The molecule has 3 heteroatoms. The van der Waals surface area contributed by atoms with E-state index in [9.17, 15) is 0 Å². The Bertz CT molecular complexity index is 333. The van der Waals surface area contributed by atoms with Crippen molar-refractivity contribution >= 4 is 5.82 Å².